The first-order chi connectivity index (χ1) is 7.45. The molecule has 1 aromatic carbocycles. The van der Waals surface area contributed by atoms with Gasteiger partial charge in [0.15, 0.2) is 17.8 Å². The van der Waals surface area contributed by atoms with E-state index in [-0.39, 0.29) is 6.79 Å². The minimum Gasteiger partial charge on any atom is -0.453 e. The van der Waals surface area contributed by atoms with Gasteiger partial charge < -0.3 is 15.2 Å². The van der Waals surface area contributed by atoms with E-state index in [0.717, 1.165) is 5.56 Å². The van der Waals surface area contributed by atoms with Crippen molar-refractivity contribution in [2.24, 2.45) is 5.73 Å². The summed E-state index contributed by atoms with van der Waals surface area (Å²) in [7, 11) is 0. The van der Waals surface area contributed by atoms with Crippen LogP contribution in [0.25, 0.3) is 0 Å². The van der Waals surface area contributed by atoms with E-state index in [2.05, 4.69) is 0 Å². The third-order valence-electron chi connectivity index (χ3n) is 2.44. The molecule has 2 N–H and O–H groups in total. The lowest BCUT2D eigenvalue weighted by molar-refractivity contribution is 0.111. The number of hydrogen-bond acceptors (Lipinski definition) is 4. The van der Waals surface area contributed by atoms with Crippen LogP contribution in [0, 0.1) is 0 Å². The van der Waals surface area contributed by atoms with Gasteiger partial charge in [-0.3, -0.25) is 4.79 Å². The van der Waals surface area contributed by atoms with Crippen molar-refractivity contribution in [3.8, 4) is 11.5 Å². The summed E-state index contributed by atoms with van der Waals surface area (Å²) < 4.78 is 10.6. The minimum absolute atomic E-state index is 0.0829. The Morgan fingerprint density at radius 3 is 2.62 bits per heavy atom. The van der Waals surface area contributed by atoms with Crippen molar-refractivity contribution >= 4 is 17.9 Å². The summed E-state index contributed by atoms with van der Waals surface area (Å²) in [5.74, 6) is 0.898. The number of rotatable bonds is 2. The number of halogens is 1. The maximum atomic E-state index is 10.9. The Morgan fingerprint density at radius 2 is 2.06 bits per heavy atom. The summed E-state index contributed by atoms with van der Waals surface area (Å²) >= 11 is 6.00. The van der Waals surface area contributed by atoms with Gasteiger partial charge in [-0.05, 0) is 19.9 Å². The Labute approximate surface area is 98.3 Å². The van der Waals surface area contributed by atoms with Crippen molar-refractivity contribution in [3.05, 3.63) is 22.2 Å². The van der Waals surface area contributed by atoms with E-state index in [1.807, 2.05) is 13.8 Å². The number of ether oxygens (including phenoxy) is 2. The molecule has 0 saturated carbocycles. The van der Waals surface area contributed by atoms with E-state index < -0.39 is 5.54 Å². The van der Waals surface area contributed by atoms with Crippen LogP contribution >= 0.6 is 11.6 Å². The van der Waals surface area contributed by atoms with Crippen LogP contribution in [0.1, 0.15) is 29.8 Å². The molecule has 86 valence electrons. The number of carbonyl (C=O) groups excluding carboxylic acids is 1. The van der Waals surface area contributed by atoms with Crippen LogP contribution in [0.2, 0.25) is 5.02 Å². The molecule has 0 spiro atoms. The lowest BCUT2D eigenvalue weighted by atomic mass is 9.93. The SMILES string of the molecule is CC(C)(N)c1cc(Cl)c(C=O)c2c1OCO2. The molecule has 5 heteroatoms. The van der Waals surface area contributed by atoms with Crippen molar-refractivity contribution in [1.82, 2.24) is 0 Å². The summed E-state index contributed by atoms with van der Waals surface area (Å²) in [5, 5.41) is 0.327. The van der Waals surface area contributed by atoms with Gasteiger partial charge in [0.2, 0.25) is 6.79 Å². The number of fused-ring (bicyclic) bond motifs is 1. The summed E-state index contributed by atoms with van der Waals surface area (Å²) in [6, 6.07) is 1.65. The topological polar surface area (TPSA) is 61.6 Å². The molecule has 0 radical (unpaired) electrons. The number of aldehydes is 1. The third-order valence-corrected chi connectivity index (χ3v) is 2.76. The number of carbonyl (C=O) groups is 1. The van der Waals surface area contributed by atoms with Gasteiger partial charge in [-0.2, -0.15) is 0 Å². The van der Waals surface area contributed by atoms with Crippen LogP contribution in [0.15, 0.2) is 6.07 Å². The average molecular weight is 242 g/mol. The van der Waals surface area contributed by atoms with E-state index >= 15 is 0 Å². The van der Waals surface area contributed by atoms with Crippen molar-refractivity contribution in [3.63, 3.8) is 0 Å². The van der Waals surface area contributed by atoms with E-state index in [9.17, 15) is 4.79 Å². The fraction of sp³-hybridized carbons (Fsp3) is 0.364. The molecule has 1 aromatic rings. The van der Waals surface area contributed by atoms with Gasteiger partial charge in [0, 0.05) is 11.1 Å². The highest BCUT2D eigenvalue weighted by atomic mass is 35.5. The molecule has 0 unspecified atom stereocenters. The van der Waals surface area contributed by atoms with Gasteiger partial charge >= 0.3 is 0 Å². The fourth-order valence-corrected chi connectivity index (χ4v) is 1.88. The zero-order chi connectivity index (χ0) is 11.9. The Hall–Kier alpha value is -1.26. The molecule has 1 heterocycles. The smallest absolute Gasteiger partial charge is 0.231 e. The van der Waals surface area contributed by atoms with Crippen LogP contribution < -0.4 is 15.2 Å². The summed E-state index contributed by atoms with van der Waals surface area (Å²) in [5.41, 5.74) is 6.44. The zero-order valence-electron chi connectivity index (χ0n) is 9.04. The highest BCUT2D eigenvalue weighted by Crippen LogP contribution is 2.44. The molecule has 16 heavy (non-hydrogen) atoms. The third kappa shape index (κ3) is 1.64. The fourth-order valence-electron chi connectivity index (χ4n) is 1.65. The molecular formula is C11H12ClNO3. The zero-order valence-corrected chi connectivity index (χ0v) is 9.80. The van der Waals surface area contributed by atoms with Crippen LogP contribution in [-0.2, 0) is 5.54 Å². The molecule has 1 aliphatic rings. The van der Waals surface area contributed by atoms with Crippen molar-refractivity contribution in [2.75, 3.05) is 6.79 Å². The standard InChI is InChI=1S/C11H12ClNO3/c1-11(2,13)7-3-8(12)6(4-14)9-10(7)16-5-15-9/h3-4H,5,13H2,1-2H3. The van der Waals surface area contributed by atoms with E-state index in [0.29, 0.717) is 28.4 Å². The average Bonchev–Trinajstić information content (AvgIpc) is 2.63. The predicted octanol–water partition coefficient (Wildman–Crippen LogP) is 2.08. The summed E-state index contributed by atoms with van der Waals surface area (Å²) in [4.78, 5) is 10.9. The second-order valence-corrected chi connectivity index (χ2v) is 4.63. The number of nitrogens with two attached hydrogens (primary N) is 1. The monoisotopic (exact) mass is 241 g/mol. The molecule has 0 amide bonds. The second kappa shape index (κ2) is 3.64. The van der Waals surface area contributed by atoms with Gasteiger partial charge in [0.1, 0.15) is 0 Å². The molecule has 0 aromatic heterocycles. The largest absolute Gasteiger partial charge is 0.453 e. The lowest BCUT2D eigenvalue weighted by Gasteiger charge is -2.21. The molecule has 4 nitrogen and oxygen atoms in total. The van der Waals surface area contributed by atoms with Gasteiger partial charge in [0.05, 0.1) is 10.6 Å². The molecule has 0 aliphatic carbocycles. The Balaban J connectivity index is 2.71. The van der Waals surface area contributed by atoms with Gasteiger partial charge in [-0.25, -0.2) is 0 Å². The summed E-state index contributed by atoms with van der Waals surface area (Å²) in [6.07, 6.45) is 0.656. The van der Waals surface area contributed by atoms with Crippen molar-refractivity contribution in [1.29, 1.82) is 0 Å². The molecule has 1 aliphatic heterocycles. The first kappa shape index (κ1) is 11.2. The Bertz CT molecular complexity index is 452. The van der Waals surface area contributed by atoms with E-state index in [4.69, 9.17) is 26.8 Å². The first-order valence-corrected chi connectivity index (χ1v) is 5.19. The van der Waals surface area contributed by atoms with Gasteiger partial charge in [-0.15, -0.1) is 0 Å². The maximum absolute atomic E-state index is 10.9. The number of benzene rings is 1. The Kier molecular flexibility index (Phi) is 2.56. The van der Waals surface area contributed by atoms with Gasteiger partial charge in [0.25, 0.3) is 0 Å². The van der Waals surface area contributed by atoms with Crippen LogP contribution in [0.3, 0.4) is 0 Å². The Morgan fingerprint density at radius 1 is 1.44 bits per heavy atom. The molecule has 0 fully saturated rings. The highest BCUT2D eigenvalue weighted by molar-refractivity contribution is 6.33. The van der Waals surface area contributed by atoms with Crippen molar-refractivity contribution < 1.29 is 14.3 Å². The summed E-state index contributed by atoms with van der Waals surface area (Å²) in [6.45, 7) is 3.75. The highest BCUT2D eigenvalue weighted by Gasteiger charge is 2.30. The lowest BCUT2D eigenvalue weighted by Crippen LogP contribution is -2.29. The molecule has 0 saturated heterocycles. The van der Waals surface area contributed by atoms with Gasteiger partial charge in [-0.1, -0.05) is 11.6 Å². The van der Waals surface area contributed by atoms with Crippen LogP contribution in [-0.4, -0.2) is 13.1 Å². The van der Waals surface area contributed by atoms with Crippen molar-refractivity contribution in [2.45, 2.75) is 19.4 Å². The second-order valence-electron chi connectivity index (χ2n) is 4.22. The first-order valence-electron chi connectivity index (χ1n) is 4.81. The van der Waals surface area contributed by atoms with Crippen LogP contribution in [0.4, 0.5) is 0 Å². The molecule has 0 atom stereocenters. The molecule has 0 bridgehead atoms. The van der Waals surface area contributed by atoms with E-state index in [1.54, 1.807) is 6.07 Å². The molecule has 2 rings (SSSR count). The quantitative estimate of drug-likeness (QED) is 0.806. The normalized spacial score (nSPS) is 14.0. The minimum atomic E-state index is -0.608. The predicted molar refractivity (Wildman–Crippen MR) is 60.2 cm³/mol. The number of hydrogen-bond donors (Lipinski definition) is 1. The van der Waals surface area contributed by atoms with E-state index in [1.165, 1.54) is 0 Å². The molecular weight excluding hydrogens is 230 g/mol. The maximum Gasteiger partial charge on any atom is 0.231 e. The van der Waals surface area contributed by atoms with Crippen LogP contribution in [0.5, 0.6) is 11.5 Å².